The van der Waals surface area contributed by atoms with Gasteiger partial charge in [-0.15, -0.1) is 24.0 Å². The third kappa shape index (κ3) is 5.97. The van der Waals surface area contributed by atoms with Crippen molar-refractivity contribution in [1.29, 1.82) is 0 Å². The van der Waals surface area contributed by atoms with Crippen molar-refractivity contribution < 1.29 is 9.47 Å². The summed E-state index contributed by atoms with van der Waals surface area (Å²) in [6.07, 6.45) is 8.15. The molecule has 3 rings (SSSR count). The van der Waals surface area contributed by atoms with Gasteiger partial charge in [-0.1, -0.05) is 0 Å². The minimum Gasteiger partial charge on any atom is -0.474 e. The van der Waals surface area contributed by atoms with E-state index in [-0.39, 0.29) is 24.0 Å². The predicted molar refractivity (Wildman–Crippen MR) is 114 cm³/mol. The van der Waals surface area contributed by atoms with Gasteiger partial charge in [0.25, 0.3) is 0 Å². The number of guanidine groups is 1. The van der Waals surface area contributed by atoms with Gasteiger partial charge in [0, 0.05) is 52.0 Å². The minimum atomic E-state index is 0. The minimum absolute atomic E-state index is 0. The number of rotatable bonds is 6. The average molecular weight is 474 g/mol. The first kappa shape index (κ1) is 21.2. The van der Waals surface area contributed by atoms with E-state index in [2.05, 4.69) is 20.2 Å². The Kier molecular flexibility index (Phi) is 8.90. The smallest absolute Gasteiger partial charge is 0.213 e. The third-order valence-corrected chi connectivity index (χ3v) is 5.04. The zero-order valence-corrected chi connectivity index (χ0v) is 18.1. The molecule has 0 bridgehead atoms. The van der Waals surface area contributed by atoms with E-state index in [4.69, 9.17) is 9.47 Å². The quantitative estimate of drug-likeness (QED) is 0.390. The van der Waals surface area contributed by atoms with Crippen molar-refractivity contribution in [2.24, 2.45) is 10.9 Å². The normalized spacial score (nSPS) is 20.9. The van der Waals surface area contributed by atoms with Crippen molar-refractivity contribution in [3.63, 3.8) is 0 Å². The second-order valence-corrected chi connectivity index (χ2v) is 6.98. The topological polar surface area (TPSA) is 59.0 Å². The molecule has 1 unspecified atom stereocenters. The maximum atomic E-state index is 6.00. The van der Waals surface area contributed by atoms with Gasteiger partial charge in [0.1, 0.15) is 6.10 Å². The molecule has 2 aliphatic rings. The first-order valence-corrected chi connectivity index (χ1v) is 9.34. The van der Waals surface area contributed by atoms with E-state index in [9.17, 15) is 0 Å². The second kappa shape index (κ2) is 10.9. The molecule has 1 N–H and O–H groups in total. The van der Waals surface area contributed by atoms with Gasteiger partial charge >= 0.3 is 0 Å². The molecule has 7 heteroatoms. The van der Waals surface area contributed by atoms with Gasteiger partial charge in [-0.05, 0) is 43.7 Å². The first-order chi connectivity index (χ1) is 12.3. The van der Waals surface area contributed by atoms with Gasteiger partial charge in [0.15, 0.2) is 5.96 Å². The predicted octanol–water partition coefficient (Wildman–Crippen LogP) is 3.06. The standard InChI is InChI=1S/C19H30N4O2.HI/c1-20-19(23-10-8-16(13-23)14-24-2)22-12-15-7-9-21-18(11-15)25-17-5-3-4-6-17;/h7,9,11,16-17H,3-6,8,10,12-14H2,1-2H3,(H,20,22);1H. The average Bonchev–Trinajstić information content (AvgIpc) is 3.29. The fraction of sp³-hybridized carbons (Fsp3) is 0.684. The van der Waals surface area contributed by atoms with Gasteiger partial charge < -0.3 is 19.7 Å². The van der Waals surface area contributed by atoms with E-state index in [1.807, 2.05) is 25.4 Å². The third-order valence-electron chi connectivity index (χ3n) is 5.04. The van der Waals surface area contributed by atoms with Gasteiger partial charge in [-0.3, -0.25) is 4.99 Å². The summed E-state index contributed by atoms with van der Waals surface area (Å²) in [5.41, 5.74) is 1.16. The van der Waals surface area contributed by atoms with Gasteiger partial charge in [-0.2, -0.15) is 0 Å². The molecule has 0 aromatic carbocycles. The number of aliphatic imine (C=N–C) groups is 1. The monoisotopic (exact) mass is 474 g/mol. The van der Waals surface area contributed by atoms with Crippen LogP contribution in [0.1, 0.15) is 37.7 Å². The van der Waals surface area contributed by atoms with Gasteiger partial charge in [0.05, 0.1) is 6.61 Å². The first-order valence-electron chi connectivity index (χ1n) is 9.34. The van der Waals surface area contributed by atoms with Crippen molar-refractivity contribution in [3.05, 3.63) is 23.9 Å². The Morgan fingerprint density at radius 3 is 2.88 bits per heavy atom. The summed E-state index contributed by atoms with van der Waals surface area (Å²) in [5.74, 6) is 2.28. The lowest BCUT2D eigenvalue weighted by atomic mass is 10.1. The SMILES string of the molecule is CN=C(NCc1ccnc(OC2CCCC2)c1)N1CCC(COC)C1.I. The number of halogens is 1. The molecule has 2 fully saturated rings. The Morgan fingerprint density at radius 1 is 1.35 bits per heavy atom. The fourth-order valence-corrected chi connectivity index (χ4v) is 3.71. The Balaban J connectivity index is 0.00000243. The molecule has 26 heavy (non-hydrogen) atoms. The van der Waals surface area contributed by atoms with Crippen LogP contribution >= 0.6 is 24.0 Å². The van der Waals surface area contributed by atoms with Crippen LogP contribution in [0.2, 0.25) is 0 Å². The lowest BCUT2D eigenvalue weighted by molar-refractivity contribution is 0.157. The summed E-state index contributed by atoms with van der Waals surface area (Å²) >= 11 is 0. The molecule has 0 radical (unpaired) electrons. The number of nitrogens with one attached hydrogen (secondary N) is 1. The molecular formula is C19H31IN4O2. The lowest BCUT2D eigenvalue weighted by Crippen LogP contribution is -2.39. The molecule has 1 aliphatic carbocycles. The number of aromatic nitrogens is 1. The van der Waals surface area contributed by atoms with Gasteiger partial charge in [0.2, 0.25) is 5.88 Å². The maximum absolute atomic E-state index is 6.00. The number of hydrogen-bond acceptors (Lipinski definition) is 4. The van der Waals surface area contributed by atoms with Crippen LogP contribution in [0, 0.1) is 5.92 Å². The van der Waals surface area contributed by atoms with Crippen LogP contribution in [0.5, 0.6) is 5.88 Å². The van der Waals surface area contributed by atoms with Crippen molar-refractivity contribution in [2.45, 2.75) is 44.8 Å². The Morgan fingerprint density at radius 2 is 2.15 bits per heavy atom. The summed E-state index contributed by atoms with van der Waals surface area (Å²) < 4.78 is 11.3. The van der Waals surface area contributed by atoms with E-state index in [0.717, 1.165) is 62.9 Å². The number of ether oxygens (including phenoxy) is 2. The molecule has 146 valence electrons. The lowest BCUT2D eigenvalue weighted by Gasteiger charge is -2.22. The molecule has 1 aliphatic heterocycles. The second-order valence-electron chi connectivity index (χ2n) is 6.98. The summed E-state index contributed by atoms with van der Waals surface area (Å²) in [6, 6.07) is 4.07. The molecule has 6 nitrogen and oxygen atoms in total. The number of likely N-dealkylation sites (tertiary alicyclic amines) is 1. The zero-order chi connectivity index (χ0) is 17.5. The highest BCUT2D eigenvalue weighted by Crippen LogP contribution is 2.23. The van der Waals surface area contributed by atoms with Crippen LogP contribution in [-0.2, 0) is 11.3 Å². The van der Waals surface area contributed by atoms with Crippen LogP contribution in [0.4, 0.5) is 0 Å². The molecule has 0 amide bonds. The summed E-state index contributed by atoms with van der Waals surface area (Å²) in [7, 11) is 3.61. The number of hydrogen-bond donors (Lipinski definition) is 1. The highest BCUT2D eigenvalue weighted by atomic mass is 127. The summed E-state index contributed by atoms with van der Waals surface area (Å²) in [4.78, 5) is 11.1. The van der Waals surface area contributed by atoms with Crippen LogP contribution in [-0.4, -0.2) is 55.8 Å². The van der Waals surface area contributed by atoms with Gasteiger partial charge in [-0.25, -0.2) is 4.98 Å². The van der Waals surface area contributed by atoms with Crippen molar-refractivity contribution in [2.75, 3.05) is 33.9 Å². The molecular weight excluding hydrogens is 443 g/mol. The van der Waals surface area contributed by atoms with E-state index in [1.54, 1.807) is 7.11 Å². The Hall–Kier alpha value is -1.09. The number of pyridine rings is 1. The molecule has 1 saturated carbocycles. The van der Waals surface area contributed by atoms with Crippen LogP contribution < -0.4 is 10.1 Å². The van der Waals surface area contributed by atoms with E-state index in [0.29, 0.717) is 12.0 Å². The Bertz CT molecular complexity index is 578. The Labute approximate surface area is 173 Å². The molecule has 0 spiro atoms. The highest BCUT2D eigenvalue weighted by molar-refractivity contribution is 14.0. The number of methoxy groups -OCH3 is 1. The molecule has 1 aromatic heterocycles. The van der Waals surface area contributed by atoms with E-state index < -0.39 is 0 Å². The highest BCUT2D eigenvalue weighted by Gasteiger charge is 2.24. The van der Waals surface area contributed by atoms with Crippen molar-refractivity contribution in [3.8, 4) is 5.88 Å². The summed E-state index contributed by atoms with van der Waals surface area (Å²) in [5, 5.41) is 3.46. The maximum Gasteiger partial charge on any atom is 0.213 e. The largest absolute Gasteiger partial charge is 0.474 e. The fourth-order valence-electron chi connectivity index (χ4n) is 3.71. The molecule has 1 saturated heterocycles. The van der Waals surface area contributed by atoms with Crippen LogP contribution in [0.3, 0.4) is 0 Å². The number of nitrogens with zero attached hydrogens (tertiary/aromatic N) is 3. The van der Waals surface area contributed by atoms with E-state index in [1.165, 1.54) is 12.8 Å². The molecule has 1 aromatic rings. The van der Waals surface area contributed by atoms with E-state index >= 15 is 0 Å². The molecule has 2 heterocycles. The molecule has 1 atom stereocenters. The summed E-state index contributed by atoms with van der Waals surface area (Å²) in [6.45, 7) is 3.57. The zero-order valence-electron chi connectivity index (χ0n) is 15.8. The van der Waals surface area contributed by atoms with Crippen molar-refractivity contribution in [1.82, 2.24) is 15.2 Å². The van der Waals surface area contributed by atoms with Crippen LogP contribution in [0.15, 0.2) is 23.3 Å². The van der Waals surface area contributed by atoms with Crippen LogP contribution in [0.25, 0.3) is 0 Å². The van der Waals surface area contributed by atoms with Crippen molar-refractivity contribution >= 4 is 29.9 Å².